The molecule has 42 heavy (non-hydrogen) atoms. The molecule has 0 radical (unpaired) electrons. The van der Waals surface area contributed by atoms with Crippen LogP contribution >= 0.6 is 7.82 Å². The van der Waals surface area contributed by atoms with E-state index in [0.29, 0.717) is 12.3 Å². The zero-order chi connectivity index (χ0) is 31.4. The molecule has 0 saturated heterocycles. The summed E-state index contributed by atoms with van der Waals surface area (Å²) in [6, 6.07) is 5.08. The van der Waals surface area contributed by atoms with Crippen LogP contribution in [0.1, 0.15) is 32.7 Å². The molecule has 0 aliphatic carbocycles. The molecule has 1 amide bonds. The highest BCUT2D eigenvalue weighted by Crippen LogP contribution is 2.41. The second kappa shape index (κ2) is 10.7. The molecule has 0 saturated carbocycles. The van der Waals surface area contributed by atoms with Crippen LogP contribution in [0.4, 0.5) is 43.5 Å². The van der Waals surface area contributed by atoms with Crippen LogP contribution in [0.2, 0.25) is 0 Å². The molecule has 0 spiro atoms. The van der Waals surface area contributed by atoms with E-state index in [4.69, 9.17) is 9.79 Å². The number of pyridine rings is 2. The van der Waals surface area contributed by atoms with Crippen molar-refractivity contribution in [2.75, 3.05) is 16.5 Å². The Morgan fingerprint density at radius 1 is 0.952 bits per heavy atom. The molecule has 226 valence electrons. The number of carbonyl (C=O) groups is 1. The third-order valence-electron chi connectivity index (χ3n) is 6.26. The molecule has 1 aliphatic heterocycles. The van der Waals surface area contributed by atoms with Gasteiger partial charge in [0.2, 0.25) is 0 Å². The summed E-state index contributed by atoms with van der Waals surface area (Å²) in [4.78, 5) is 50.7. The van der Waals surface area contributed by atoms with E-state index >= 15 is 0 Å². The Balaban J connectivity index is 1.89. The van der Waals surface area contributed by atoms with Crippen molar-refractivity contribution in [1.82, 2.24) is 9.55 Å². The van der Waals surface area contributed by atoms with Crippen molar-refractivity contribution in [2.45, 2.75) is 40.0 Å². The van der Waals surface area contributed by atoms with E-state index in [1.807, 2.05) is 0 Å². The molecule has 18 heteroatoms. The fourth-order valence-corrected chi connectivity index (χ4v) is 4.61. The number of halogens is 6. The minimum Gasteiger partial charge on any atom is -0.406 e. The molecule has 0 unspecified atom stereocenters. The molecular weight excluding hydrogens is 601 g/mol. The van der Waals surface area contributed by atoms with Crippen LogP contribution in [0.25, 0.3) is 0 Å². The van der Waals surface area contributed by atoms with Gasteiger partial charge in [-0.05, 0) is 56.7 Å². The molecule has 11 nitrogen and oxygen atoms in total. The number of aromatic nitrogens is 2. The predicted octanol–water partition coefficient (Wildman–Crippen LogP) is 4.91. The molecule has 4 rings (SSSR count). The molecule has 2 aromatic heterocycles. The van der Waals surface area contributed by atoms with Crippen molar-refractivity contribution in [3.63, 3.8) is 0 Å². The average molecular weight is 622 g/mol. The summed E-state index contributed by atoms with van der Waals surface area (Å²) in [5, 5.41) is 0. The molecule has 1 aliphatic rings. The molecule has 0 atom stereocenters. The first kappa shape index (κ1) is 31.0. The van der Waals surface area contributed by atoms with Gasteiger partial charge in [-0.15, -0.1) is 13.2 Å². The van der Waals surface area contributed by atoms with Gasteiger partial charge in [-0.2, -0.15) is 13.2 Å². The van der Waals surface area contributed by atoms with E-state index in [1.165, 1.54) is 37.8 Å². The van der Waals surface area contributed by atoms with Gasteiger partial charge in [0.1, 0.15) is 25.0 Å². The van der Waals surface area contributed by atoms with Gasteiger partial charge in [-0.1, -0.05) is 0 Å². The van der Waals surface area contributed by atoms with Gasteiger partial charge in [0, 0.05) is 23.1 Å². The summed E-state index contributed by atoms with van der Waals surface area (Å²) in [6.07, 6.45) is -9.34. The SMILES string of the molecule is Cc1cc(OC(F)(F)F)ccc1N1CN(c2cc(C)c(=O)n(COP(=O)(O)O)c2C)C(=O)c2cc(C(F)(F)F)cnc21. The number of anilines is 3. The van der Waals surface area contributed by atoms with Gasteiger partial charge in [0.15, 0.2) is 0 Å². The number of rotatable bonds is 6. The smallest absolute Gasteiger partial charge is 0.406 e. The highest BCUT2D eigenvalue weighted by molar-refractivity contribution is 7.46. The highest BCUT2D eigenvalue weighted by atomic mass is 31.2. The minimum absolute atomic E-state index is 0.00191. The first-order valence-corrected chi connectivity index (χ1v) is 13.2. The second-order valence-electron chi connectivity index (χ2n) is 9.17. The van der Waals surface area contributed by atoms with Crippen molar-refractivity contribution in [3.8, 4) is 5.75 Å². The van der Waals surface area contributed by atoms with Gasteiger partial charge in [-0.3, -0.25) is 23.6 Å². The average Bonchev–Trinajstić information content (AvgIpc) is 2.85. The first-order valence-electron chi connectivity index (χ1n) is 11.7. The van der Waals surface area contributed by atoms with E-state index in [-0.39, 0.29) is 34.0 Å². The van der Waals surface area contributed by atoms with Gasteiger partial charge in [0.25, 0.3) is 11.5 Å². The zero-order valence-electron chi connectivity index (χ0n) is 21.8. The standard InChI is InChI=1S/C24H21F6N4O7P/c1-12-6-16(41-24(28,29)30)4-5-18(12)32-10-33(22(36)17-8-15(23(25,26)27)9-31-20(17)32)19-7-13(2)21(35)34(14(19)3)11-40-42(37,38)39/h4-9H,10-11H2,1-3H3,(H2,37,38,39). The van der Waals surface area contributed by atoms with E-state index < -0.39 is 62.1 Å². The summed E-state index contributed by atoms with van der Waals surface area (Å²) in [6.45, 7) is 2.74. The number of amides is 1. The number of nitrogens with zero attached hydrogens (tertiary/aromatic N) is 4. The number of fused-ring (bicyclic) bond motifs is 1. The van der Waals surface area contributed by atoms with Gasteiger partial charge in [0.05, 0.1) is 16.8 Å². The van der Waals surface area contributed by atoms with Crippen LogP contribution in [0.3, 0.4) is 0 Å². The third-order valence-corrected chi connectivity index (χ3v) is 6.71. The predicted molar refractivity (Wildman–Crippen MR) is 134 cm³/mol. The minimum atomic E-state index is -5.03. The van der Waals surface area contributed by atoms with Crippen molar-refractivity contribution in [3.05, 3.63) is 74.8 Å². The Kier molecular flexibility index (Phi) is 7.92. The van der Waals surface area contributed by atoms with Gasteiger partial charge in [-0.25, -0.2) is 9.55 Å². The lowest BCUT2D eigenvalue weighted by Gasteiger charge is -2.38. The van der Waals surface area contributed by atoms with Crippen LogP contribution in [0, 0.1) is 20.8 Å². The lowest BCUT2D eigenvalue weighted by molar-refractivity contribution is -0.274. The Morgan fingerprint density at radius 2 is 1.62 bits per heavy atom. The Hall–Kier alpha value is -3.92. The molecule has 3 heterocycles. The van der Waals surface area contributed by atoms with E-state index in [9.17, 15) is 40.5 Å². The van der Waals surface area contributed by atoms with Crippen LogP contribution in [-0.4, -0.2) is 38.3 Å². The monoisotopic (exact) mass is 622 g/mol. The lowest BCUT2D eigenvalue weighted by Crippen LogP contribution is -2.47. The zero-order valence-corrected chi connectivity index (χ0v) is 22.7. The van der Waals surface area contributed by atoms with Crippen LogP contribution in [0.15, 0.2) is 41.3 Å². The summed E-state index contributed by atoms with van der Waals surface area (Å²) in [5.41, 5.74) is -2.15. The van der Waals surface area contributed by atoms with Crippen LogP contribution in [-0.2, 0) is 22.0 Å². The van der Waals surface area contributed by atoms with E-state index in [0.717, 1.165) is 21.6 Å². The summed E-state index contributed by atoms with van der Waals surface area (Å²) in [5.74, 6) is -1.74. The number of phosphoric acid groups is 1. The Morgan fingerprint density at radius 3 is 2.19 bits per heavy atom. The molecule has 1 aromatic carbocycles. The molecule has 0 bridgehead atoms. The maximum atomic E-state index is 13.6. The molecule has 2 N–H and O–H groups in total. The topological polar surface area (TPSA) is 134 Å². The molecular formula is C24H21F6N4O7P. The third kappa shape index (κ3) is 6.43. The van der Waals surface area contributed by atoms with Crippen LogP contribution < -0.4 is 20.1 Å². The molecule has 0 fully saturated rings. The Labute approximate surface area is 232 Å². The fraction of sp³-hybridized carbons (Fsp3) is 0.292. The second-order valence-corrected chi connectivity index (χ2v) is 10.4. The maximum Gasteiger partial charge on any atom is 0.573 e. The van der Waals surface area contributed by atoms with Crippen molar-refractivity contribution in [2.24, 2.45) is 0 Å². The summed E-state index contributed by atoms with van der Waals surface area (Å²) >= 11 is 0. The number of alkyl halides is 6. The Bertz CT molecular complexity index is 1670. The fourth-order valence-electron chi connectivity index (χ4n) is 4.34. The van der Waals surface area contributed by atoms with Gasteiger partial charge < -0.3 is 19.4 Å². The lowest BCUT2D eigenvalue weighted by atomic mass is 10.1. The number of phosphoric ester groups is 1. The highest BCUT2D eigenvalue weighted by Gasteiger charge is 2.39. The van der Waals surface area contributed by atoms with E-state index in [2.05, 4.69) is 14.2 Å². The van der Waals surface area contributed by atoms with Crippen molar-refractivity contribution >= 4 is 30.9 Å². The quantitative estimate of drug-likeness (QED) is 0.291. The first-order chi connectivity index (χ1) is 19.3. The molecule has 3 aromatic rings. The summed E-state index contributed by atoms with van der Waals surface area (Å²) in [7, 11) is -5.03. The van der Waals surface area contributed by atoms with Crippen LogP contribution in [0.5, 0.6) is 5.75 Å². The number of benzene rings is 1. The largest absolute Gasteiger partial charge is 0.573 e. The number of hydrogen-bond acceptors (Lipinski definition) is 7. The van der Waals surface area contributed by atoms with Gasteiger partial charge >= 0.3 is 20.4 Å². The summed E-state index contributed by atoms with van der Waals surface area (Å²) < 4.78 is 99.4. The maximum absolute atomic E-state index is 13.6. The number of ether oxygens (including phenoxy) is 1. The number of carbonyl (C=O) groups excluding carboxylic acids is 1. The van der Waals surface area contributed by atoms with E-state index in [1.54, 1.807) is 0 Å². The number of hydrogen-bond donors (Lipinski definition) is 2. The normalized spacial score (nSPS) is 14.3. The van der Waals surface area contributed by atoms with Crippen molar-refractivity contribution < 1.29 is 54.7 Å². The van der Waals surface area contributed by atoms with Crippen molar-refractivity contribution in [1.29, 1.82) is 0 Å². The number of aryl methyl sites for hydroxylation is 2.